The van der Waals surface area contributed by atoms with Gasteiger partial charge in [0, 0.05) is 23.9 Å². The molecule has 0 radical (unpaired) electrons. The van der Waals surface area contributed by atoms with E-state index in [0.717, 1.165) is 0 Å². The molecule has 1 aliphatic rings. The second kappa shape index (κ2) is 11.1. The van der Waals surface area contributed by atoms with E-state index in [1.165, 1.54) is 6.92 Å². The minimum absolute atomic E-state index is 0.000981. The molecule has 0 aromatic carbocycles. The molecule has 13 heteroatoms. The molecule has 0 aromatic rings. The third-order valence-electron chi connectivity index (χ3n) is 4.31. The SMILES string of the molecule is CCCC(C(CC)=NCC(=O)NC1CC(C(F)(F)F)=CN=C1N=C(C)N)=C(N)C(F)(F)F. The number of alkyl halides is 6. The Morgan fingerprint density at radius 1 is 1.22 bits per heavy atom. The molecule has 7 nitrogen and oxygen atoms in total. The van der Waals surface area contributed by atoms with Crippen molar-refractivity contribution in [1.29, 1.82) is 0 Å². The molecule has 1 amide bonds. The van der Waals surface area contributed by atoms with Gasteiger partial charge in [-0.3, -0.25) is 9.79 Å². The number of nitrogens with zero attached hydrogens (tertiary/aromatic N) is 3. The van der Waals surface area contributed by atoms with Crippen LogP contribution in [0.2, 0.25) is 0 Å². The minimum Gasteiger partial charge on any atom is -0.394 e. The highest BCUT2D eigenvalue weighted by Crippen LogP contribution is 2.31. The predicted octanol–water partition coefficient (Wildman–Crippen LogP) is 3.52. The number of hydrogen-bond acceptors (Lipinski definition) is 5. The Morgan fingerprint density at radius 2 is 1.84 bits per heavy atom. The molecule has 0 saturated heterocycles. The molecule has 0 bridgehead atoms. The van der Waals surface area contributed by atoms with Crippen LogP contribution >= 0.6 is 0 Å². The van der Waals surface area contributed by atoms with Crippen LogP contribution in [0.25, 0.3) is 0 Å². The van der Waals surface area contributed by atoms with E-state index in [1.54, 1.807) is 13.8 Å². The first-order valence-electron chi connectivity index (χ1n) is 9.74. The van der Waals surface area contributed by atoms with Gasteiger partial charge in [-0.25, -0.2) is 9.98 Å². The average molecular weight is 468 g/mol. The number of amidine groups is 2. The minimum atomic E-state index is -4.76. The summed E-state index contributed by atoms with van der Waals surface area (Å²) in [7, 11) is 0. The highest BCUT2D eigenvalue weighted by Gasteiger charge is 2.38. The van der Waals surface area contributed by atoms with E-state index in [1.807, 2.05) is 0 Å². The Morgan fingerprint density at radius 3 is 2.31 bits per heavy atom. The van der Waals surface area contributed by atoms with Gasteiger partial charge in [0.15, 0.2) is 5.84 Å². The molecule has 5 N–H and O–H groups in total. The Balaban J connectivity index is 3.10. The molecule has 0 aromatic heterocycles. The highest BCUT2D eigenvalue weighted by atomic mass is 19.4. The summed E-state index contributed by atoms with van der Waals surface area (Å²) in [6.07, 6.45) is -8.98. The largest absolute Gasteiger partial charge is 0.431 e. The molecular weight excluding hydrogens is 442 g/mol. The van der Waals surface area contributed by atoms with Crippen molar-refractivity contribution in [1.82, 2.24) is 5.32 Å². The average Bonchev–Trinajstić information content (AvgIpc) is 2.66. The number of nitrogens with two attached hydrogens (primary N) is 2. The van der Waals surface area contributed by atoms with E-state index in [4.69, 9.17) is 11.5 Å². The molecule has 32 heavy (non-hydrogen) atoms. The number of carbonyl (C=O) groups is 1. The van der Waals surface area contributed by atoms with Crippen LogP contribution in [0.1, 0.15) is 46.5 Å². The van der Waals surface area contributed by atoms with E-state index in [-0.39, 0.29) is 35.8 Å². The van der Waals surface area contributed by atoms with E-state index in [2.05, 4.69) is 20.3 Å². The quantitative estimate of drug-likeness (QED) is 0.301. The van der Waals surface area contributed by atoms with Gasteiger partial charge in [0.1, 0.15) is 12.2 Å². The first-order chi connectivity index (χ1) is 14.7. The van der Waals surface area contributed by atoms with Crippen molar-refractivity contribution >= 4 is 23.3 Å². The lowest BCUT2D eigenvalue weighted by Crippen LogP contribution is -2.44. The van der Waals surface area contributed by atoms with Crippen LogP contribution in [-0.2, 0) is 4.79 Å². The number of amides is 1. The zero-order chi connectivity index (χ0) is 24.7. The lowest BCUT2D eigenvalue weighted by molar-refractivity contribution is -0.120. The number of allylic oxidation sites excluding steroid dienone is 2. The Bertz CT molecular complexity index is 847. The molecule has 1 aliphatic heterocycles. The maximum absolute atomic E-state index is 13.1. The predicted molar refractivity (Wildman–Crippen MR) is 110 cm³/mol. The number of hydrogen-bond donors (Lipinski definition) is 3. The molecule has 0 fully saturated rings. The number of halogens is 6. The van der Waals surface area contributed by atoms with Crippen molar-refractivity contribution in [3.8, 4) is 0 Å². The van der Waals surface area contributed by atoms with Gasteiger partial charge in [0.25, 0.3) is 0 Å². The molecule has 0 spiro atoms. The van der Waals surface area contributed by atoms with Crippen molar-refractivity contribution in [2.45, 2.75) is 64.8 Å². The standard InChI is InChI=1S/C19H26F6N6O/c1-4-6-12(16(27)19(23,24)25)13(5-2)28-9-15(32)31-14-7-11(18(20,21)22)8-29-17(14)30-10(3)26/h8,14H,4-7,9,27H2,1-3H3,(H,31,32)(H2,26,29,30). The molecule has 0 saturated carbocycles. The van der Waals surface area contributed by atoms with Gasteiger partial charge >= 0.3 is 12.4 Å². The van der Waals surface area contributed by atoms with Gasteiger partial charge in [-0.15, -0.1) is 0 Å². The van der Waals surface area contributed by atoms with Crippen molar-refractivity contribution < 1.29 is 31.1 Å². The summed E-state index contributed by atoms with van der Waals surface area (Å²) < 4.78 is 78.3. The van der Waals surface area contributed by atoms with Crippen LogP contribution in [0.4, 0.5) is 26.3 Å². The van der Waals surface area contributed by atoms with Crippen LogP contribution in [-0.4, -0.2) is 48.2 Å². The smallest absolute Gasteiger partial charge is 0.394 e. The van der Waals surface area contributed by atoms with Crippen LogP contribution < -0.4 is 16.8 Å². The first-order valence-corrected chi connectivity index (χ1v) is 9.74. The Hall–Kier alpha value is -2.86. The molecule has 1 rings (SSSR count). The van der Waals surface area contributed by atoms with Gasteiger partial charge in [-0.1, -0.05) is 20.3 Å². The maximum atomic E-state index is 13.1. The molecule has 1 atom stereocenters. The molecule has 1 unspecified atom stereocenters. The molecule has 180 valence electrons. The van der Waals surface area contributed by atoms with Gasteiger partial charge in [-0.2, -0.15) is 26.3 Å². The fourth-order valence-electron chi connectivity index (χ4n) is 2.87. The van der Waals surface area contributed by atoms with Crippen molar-refractivity contribution in [3.63, 3.8) is 0 Å². The summed E-state index contributed by atoms with van der Waals surface area (Å²) in [6.45, 7) is 4.01. The van der Waals surface area contributed by atoms with E-state index < -0.39 is 48.5 Å². The summed E-state index contributed by atoms with van der Waals surface area (Å²) in [5, 5.41) is 2.34. The highest BCUT2D eigenvalue weighted by molar-refractivity contribution is 6.03. The van der Waals surface area contributed by atoms with Crippen LogP contribution in [0.5, 0.6) is 0 Å². The first kappa shape index (κ1) is 27.2. The summed E-state index contributed by atoms with van der Waals surface area (Å²) in [4.78, 5) is 23.8. The second-order valence-electron chi connectivity index (χ2n) is 6.97. The zero-order valence-electron chi connectivity index (χ0n) is 17.9. The Kier molecular flexibility index (Phi) is 9.46. The number of nitrogens with one attached hydrogen (secondary N) is 1. The normalized spacial score (nSPS) is 19.2. The summed E-state index contributed by atoms with van der Waals surface area (Å²) in [6, 6.07) is -1.23. The zero-order valence-corrected chi connectivity index (χ0v) is 17.9. The topological polar surface area (TPSA) is 118 Å². The van der Waals surface area contributed by atoms with Crippen molar-refractivity contribution in [2.75, 3.05) is 6.54 Å². The second-order valence-corrected chi connectivity index (χ2v) is 6.97. The number of rotatable bonds is 7. The summed E-state index contributed by atoms with van der Waals surface area (Å²) in [5.74, 6) is -0.919. The van der Waals surface area contributed by atoms with Crippen molar-refractivity contribution in [3.05, 3.63) is 23.0 Å². The molecular formula is C19H26F6N6O. The third-order valence-corrected chi connectivity index (χ3v) is 4.31. The third kappa shape index (κ3) is 8.00. The lowest BCUT2D eigenvalue weighted by Gasteiger charge is -2.24. The monoisotopic (exact) mass is 468 g/mol. The van der Waals surface area contributed by atoms with Gasteiger partial charge in [0.05, 0.1) is 17.5 Å². The van der Waals surface area contributed by atoms with Gasteiger partial charge < -0.3 is 16.8 Å². The number of aliphatic imine (C=N–C) groups is 3. The van der Waals surface area contributed by atoms with Gasteiger partial charge in [-0.05, 0) is 19.8 Å². The fraction of sp³-hybridized carbons (Fsp3) is 0.579. The van der Waals surface area contributed by atoms with Crippen LogP contribution in [0.3, 0.4) is 0 Å². The van der Waals surface area contributed by atoms with Gasteiger partial charge in [0.2, 0.25) is 5.91 Å². The maximum Gasteiger partial charge on any atom is 0.431 e. The van der Waals surface area contributed by atoms with Crippen LogP contribution in [0, 0.1) is 0 Å². The van der Waals surface area contributed by atoms with Crippen LogP contribution in [0.15, 0.2) is 38.0 Å². The van der Waals surface area contributed by atoms with Crippen molar-refractivity contribution in [2.24, 2.45) is 26.4 Å². The molecule has 0 aliphatic carbocycles. The molecule has 1 heterocycles. The Labute approximate surface area is 181 Å². The fourth-order valence-corrected chi connectivity index (χ4v) is 2.87. The van der Waals surface area contributed by atoms with E-state index in [0.29, 0.717) is 12.6 Å². The summed E-state index contributed by atoms with van der Waals surface area (Å²) in [5.41, 5.74) is 8.25. The number of carbonyl (C=O) groups excluding carboxylic acids is 1. The van der Waals surface area contributed by atoms with E-state index >= 15 is 0 Å². The lowest BCUT2D eigenvalue weighted by atomic mass is 10.0. The van der Waals surface area contributed by atoms with E-state index in [9.17, 15) is 31.1 Å². The summed E-state index contributed by atoms with van der Waals surface area (Å²) >= 11 is 0.